The van der Waals surface area contributed by atoms with Crippen LogP contribution in [0.15, 0.2) is 30.3 Å². The molecular weight excluding hydrogens is 234 g/mol. The summed E-state index contributed by atoms with van der Waals surface area (Å²) in [5, 5.41) is 13.3. The van der Waals surface area contributed by atoms with Crippen molar-refractivity contribution in [3.05, 3.63) is 36.2 Å². The van der Waals surface area contributed by atoms with E-state index in [1.165, 1.54) is 4.90 Å². The summed E-state index contributed by atoms with van der Waals surface area (Å²) in [5.41, 5.74) is 0. The molecule has 0 spiro atoms. The molecule has 1 heterocycles. The Balaban J connectivity index is 1.81. The number of amides is 1. The summed E-state index contributed by atoms with van der Waals surface area (Å²) in [6.45, 7) is 0.284. The first-order valence-corrected chi connectivity index (χ1v) is 5.40. The molecular formula is C11H13N5O2. The Labute approximate surface area is 104 Å². The lowest BCUT2D eigenvalue weighted by Crippen LogP contribution is -2.31. The highest BCUT2D eigenvalue weighted by atomic mass is 16.5. The minimum absolute atomic E-state index is 0.0155. The lowest BCUT2D eigenvalue weighted by Gasteiger charge is -2.15. The van der Waals surface area contributed by atoms with Gasteiger partial charge in [0.05, 0.1) is 6.54 Å². The summed E-state index contributed by atoms with van der Waals surface area (Å²) in [7, 11) is 1.66. The van der Waals surface area contributed by atoms with Crippen molar-refractivity contribution in [1.82, 2.24) is 25.5 Å². The zero-order valence-electron chi connectivity index (χ0n) is 9.91. The van der Waals surface area contributed by atoms with Crippen LogP contribution < -0.4 is 4.74 Å². The van der Waals surface area contributed by atoms with Gasteiger partial charge >= 0.3 is 0 Å². The number of aromatic amines is 1. The minimum Gasteiger partial charge on any atom is -0.484 e. The van der Waals surface area contributed by atoms with Crippen LogP contribution in [0.3, 0.4) is 0 Å². The van der Waals surface area contributed by atoms with Gasteiger partial charge in [-0.3, -0.25) is 4.79 Å². The molecule has 7 heteroatoms. The predicted molar refractivity (Wildman–Crippen MR) is 62.6 cm³/mol. The summed E-state index contributed by atoms with van der Waals surface area (Å²) >= 11 is 0. The second-order valence-electron chi connectivity index (χ2n) is 3.68. The van der Waals surface area contributed by atoms with Crippen molar-refractivity contribution in [3.63, 3.8) is 0 Å². The number of ether oxygens (including phenoxy) is 1. The molecule has 2 rings (SSSR count). The molecule has 0 aliphatic rings. The van der Waals surface area contributed by atoms with Crippen LogP contribution in [0, 0.1) is 0 Å². The van der Waals surface area contributed by atoms with Crippen LogP contribution in [0.2, 0.25) is 0 Å². The van der Waals surface area contributed by atoms with Crippen LogP contribution in [0.1, 0.15) is 5.82 Å². The van der Waals surface area contributed by atoms with Gasteiger partial charge in [-0.15, -0.1) is 10.2 Å². The van der Waals surface area contributed by atoms with E-state index in [1.807, 2.05) is 18.2 Å². The van der Waals surface area contributed by atoms with Gasteiger partial charge in [-0.05, 0) is 12.1 Å². The van der Waals surface area contributed by atoms with Gasteiger partial charge in [0, 0.05) is 7.05 Å². The molecule has 1 aromatic heterocycles. The molecule has 7 nitrogen and oxygen atoms in total. The summed E-state index contributed by atoms with van der Waals surface area (Å²) in [4.78, 5) is 13.2. The van der Waals surface area contributed by atoms with Crippen LogP contribution in [0.25, 0.3) is 0 Å². The van der Waals surface area contributed by atoms with E-state index in [4.69, 9.17) is 4.74 Å². The fourth-order valence-electron chi connectivity index (χ4n) is 1.32. The molecule has 0 saturated carbocycles. The average molecular weight is 247 g/mol. The number of H-pyrrole nitrogens is 1. The molecule has 0 unspecified atom stereocenters. The second kappa shape index (κ2) is 5.76. The lowest BCUT2D eigenvalue weighted by molar-refractivity contribution is -0.132. The summed E-state index contributed by atoms with van der Waals surface area (Å²) < 4.78 is 5.35. The molecule has 1 N–H and O–H groups in total. The van der Waals surface area contributed by atoms with Crippen molar-refractivity contribution >= 4 is 5.91 Å². The van der Waals surface area contributed by atoms with Gasteiger partial charge in [0.1, 0.15) is 5.75 Å². The Morgan fingerprint density at radius 1 is 1.39 bits per heavy atom. The first-order chi connectivity index (χ1) is 8.75. The van der Waals surface area contributed by atoms with Gasteiger partial charge in [0.25, 0.3) is 5.91 Å². The smallest absolute Gasteiger partial charge is 0.260 e. The number of nitrogens with one attached hydrogen (secondary N) is 1. The molecule has 2 aromatic rings. The third kappa shape index (κ3) is 3.27. The van der Waals surface area contributed by atoms with Crippen LogP contribution in [-0.4, -0.2) is 45.1 Å². The molecule has 1 amide bonds. The van der Waals surface area contributed by atoms with E-state index in [0.29, 0.717) is 18.1 Å². The summed E-state index contributed by atoms with van der Waals surface area (Å²) in [5.74, 6) is 0.980. The number of rotatable bonds is 5. The van der Waals surface area contributed by atoms with Gasteiger partial charge in [0.15, 0.2) is 12.4 Å². The number of nitrogens with zero attached hydrogens (tertiary/aromatic N) is 4. The number of aromatic nitrogens is 4. The van der Waals surface area contributed by atoms with E-state index in [9.17, 15) is 4.79 Å². The molecule has 18 heavy (non-hydrogen) atoms. The fourth-order valence-corrected chi connectivity index (χ4v) is 1.32. The Kier molecular flexibility index (Phi) is 3.85. The number of benzene rings is 1. The van der Waals surface area contributed by atoms with E-state index >= 15 is 0 Å². The normalized spacial score (nSPS) is 10.1. The molecule has 1 aromatic carbocycles. The van der Waals surface area contributed by atoms with Gasteiger partial charge in [-0.25, -0.2) is 0 Å². The third-order valence-corrected chi connectivity index (χ3v) is 2.30. The maximum Gasteiger partial charge on any atom is 0.260 e. The van der Waals surface area contributed by atoms with Crippen LogP contribution in [-0.2, 0) is 11.3 Å². The van der Waals surface area contributed by atoms with E-state index in [-0.39, 0.29) is 12.5 Å². The van der Waals surface area contributed by atoms with Crippen molar-refractivity contribution in [3.8, 4) is 5.75 Å². The lowest BCUT2D eigenvalue weighted by atomic mass is 10.3. The van der Waals surface area contributed by atoms with Crippen LogP contribution in [0.5, 0.6) is 5.75 Å². The Hall–Kier alpha value is -2.44. The largest absolute Gasteiger partial charge is 0.484 e. The molecule has 0 atom stereocenters. The summed E-state index contributed by atoms with van der Waals surface area (Å²) in [6, 6.07) is 9.18. The van der Waals surface area contributed by atoms with E-state index in [1.54, 1.807) is 19.2 Å². The minimum atomic E-state index is -0.149. The SMILES string of the molecule is CN(Cc1nn[nH]n1)C(=O)COc1ccccc1. The topological polar surface area (TPSA) is 84.0 Å². The Bertz CT molecular complexity index is 485. The monoisotopic (exact) mass is 247 g/mol. The fraction of sp³-hybridized carbons (Fsp3) is 0.273. The first kappa shape index (κ1) is 12.0. The zero-order chi connectivity index (χ0) is 12.8. The van der Waals surface area contributed by atoms with Gasteiger partial charge in [-0.2, -0.15) is 5.21 Å². The van der Waals surface area contributed by atoms with Crippen LogP contribution in [0.4, 0.5) is 0 Å². The quantitative estimate of drug-likeness (QED) is 0.818. The number of carbonyl (C=O) groups excluding carboxylic acids is 1. The first-order valence-electron chi connectivity index (χ1n) is 5.40. The Morgan fingerprint density at radius 3 is 2.83 bits per heavy atom. The predicted octanol–water partition coefficient (Wildman–Crippen LogP) is 0.237. The number of likely N-dealkylation sites (N-methyl/N-ethyl adjacent to an activating group) is 1. The number of hydrogen-bond acceptors (Lipinski definition) is 5. The molecule has 0 radical (unpaired) electrons. The van der Waals surface area contributed by atoms with Crippen LogP contribution >= 0.6 is 0 Å². The van der Waals surface area contributed by atoms with E-state index in [0.717, 1.165) is 0 Å². The van der Waals surface area contributed by atoms with Gasteiger partial charge in [-0.1, -0.05) is 23.4 Å². The highest BCUT2D eigenvalue weighted by molar-refractivity contribution is 5.77. The molecule has 0 saturated heterocycles. The number of hydrogen-bond donors (Lipinski definition) is 1. The van der Waals surface area contributed by atoms with E-state index in [2.05, 4.69) is 20.6 Å². The molecule has 94 valence electrons. The zero-order valence-corrected chi connectivity index (χ0v) is 9.91. The standard InChI is InChI=1S/C11H13N5O2/c1-16(7-10-12-14-15-13-10)11(17)8-18-9-5-3-2-4-6-9/h2-6H,7-8H2,1H3,(H,12,13,14,15). The molecule has 0 aliphatic heterocycles. The molecule has 0 fully saturated rings. The average Bonchev–Trinajstić information content (AvgIpc) is 2.90. The van der Waals surface area contributed by atoms with Gasteiger partial charge in [0.2, 0.25) is 0 Å². The highest BCUT2D eigenvalue weighted by Crippen LogP contribution is 2.08. The van der Waals surface area contributed by atoms with Crippen molar-refractivity contribution in [1.29, 1.82) is 0 Å². The summed E-state index contributed by atoms with van der Waals surface area (Å²) in [6.07, 6.45) is 0. The van der Waals surface area contributed by atoms with Crippen molar-refractivity contribution < 1.29 is 9.53 Å². The van der Waals surface area contributed by atoms with Crippen molar-refractivity contribution in [2.45, 2.75) is 6.54 Å². The third-order valence-electron chi connectivity index (χ3n) is 2.30. The maximum atomic E-state index is 11.8. The van der Waals surface area contributed by atoms with E-state index < -0.39 is 0 Å². The molecule has 0 aliphatic carbocycles. The second-order valence-corrected chi connectivity index (χ2v) is 3.68. The Morgan fingerprint density at radius 2 is 2.17 bits per heavy atom. The number of tetrazole rings is 1. The number of carbonyl (C=O) groups is 1. The van der Waals surface area contributed by atoms with Crippen molar-refractivity contribution in [2.75, 3.05) is 13.7 Å². The highest BCUT2D eigenvalue weighted by Gasteiger charge is 2.12. The van der Waals surface area contributed by atoms with Crippen molar-refractivity contribution in [2.24, 2.45) is 0 Å². The number of para-hydroxylation sites is 1. The maximum absolute atomic E-state index is 11.8. The van der Waals surface area contributed by atoms with Gasteiger partial charge < -0.3 is 9.64 Å². The molecule has 0 bridgehead atoms.